The van der Waals surface area contributed by atoms with Gasteiger partial charge in [-0.05, 0) is 32.6 Å². The molecule has 0 spiro atoms. The second-order valence-corrected chi connectivity index (χ2v) is 6.13. The van der Waals surface area contributed by atoms with E-state index in [4.69, 9.17) is 4.74 Å². The van der Waals surface area contributed by atoms with E-state index in [2.05, 4.69) is 39.4 Å². The van der Waals surface area contributed by atoms with Gasteiger partial charge in [0.05, 0.1) is 0 Å². The predicted molar refractivity (Wildman–Crippen MR) is 67.2 cm³/mol. The van der Waals surface area contributed by atoms with Crippen molar-refractivity contribution in [3.8, 4) is 0 Å². The van der Waals surface area contributed by atoms with Crippen molar-refractivity contribution >= 4 is 6.09 Å². The maximum atomic E-state index is 11.6. The monoisotopic (exact) mass is 228 g/mol. The molecule has 3 nitrogen and oxygen atoms in total. The van der Waals surface area contributed by atoms with Crippen molar-refractivity contribution in [1.29, 1.82) is 0 Å². The summed E-state index contributed by atoms with van der Waals surface area (Å²) in [6, 6.07) is 0.0346. The molecule has 0 rings (SSSR count). The van der Waals surface area contributed by atoms with Crippen LogP contribution in [0.5, 0.6) is 0 Å². The van der Waals surface area contributed by atoms with Gasteiger partial charge in [-0.3, -0.25) is 0 Å². The summed E-state index contributed by atoms with van der Waals surface area (Å²) in [5.41, 5.74) is -0.439. The van der Waals surface area contributed by atoms with Gasteiger partial charge >= 0.3 is 6.09 Å². The summed E-state index contributed by atoms with van der Waals surface area (Å²) < 4.78 is 5.24. The summed E-state index contributed by atoms with van der Waals surface area (Å²) in [5, 5.41) is 2.90. The highest BCUT2D eigenvalue weighted by atomic mass is 16.6. The smallest absolute Gasteiger partial charge is 0.407 e. The molecule has 1 N–H and O–H groups in total. The van der Waals surface area contributed by atoms with Gasteiger partial charge < -0.3 is 10.1 Å². The molecule has 1 radical (unpaired) electrons. The van der Waals surface area contributed by atoms with Gasteiger partial charge in [-0.1, -0.05) is 34.1 Å². The highest BCUT2D eigenvalue weighted by molar-refractivity contribution is 5.68. The van der Waals surface area contributed by atoms with Crippen LogP contribution >= 0.6 is 0 Å². The van der Waals surface area contributed by atoms with Crippen LogP contribution in [0.1, 0.15) is 54.9 Å². The molecule has 0 aromatic heterocycles. The zero-order valence-corrected chi connectivity index (χ0v) is 11.7. The molecule has 16 heavy (non-hydrogen) atoms. The van der Waals surface area contributed by atoms with Gasteiger partial charge in [0.1, 0.15) is 5.60 Å². The summed E-state index contributed by atoms with van der Waals surface area (Å²) in [7, 11) is 0. The fraction of sp³-hybridized carbons (Fsp3) is 0.846. The van der Waals surface area contributed by atoms with E-state index in [0.29, 0.717) is 0 Å². The van der Waals surface area contributed by atoms with Crippen LogP contribution in [0.2, 0.25) is 0 Å². The minimum Gasteiger partial charge on any atom is -0.444 e. The normalized spacial score (nSPS) is 14.4. The van der Waals surface area contributed by atoms with Gasteiger partial charge in [0.15, 0.2) is 0 Å². The van der Waals surface area contributed by atoms with E-state index < -0.39 is 5.60 Å². The van der Waals surface area contributed by atoms with E-state index in [-0.39, 0.29) is 17.6 Å². The molecule has 95 valence electrons. The van der Waals surface area contributed by atoms with E-state index in [1.54, 1.807) is 0 Å². The Balaban J connectivity index is 4.36. The molecule has 0 aliphatic carbocycles. The standard InChI is InChI=1S/C13H26NO2/c1-8-9-10(12(2,3)4)14-11(15)16-13(5,6)7/h9-10H,8H2,1-7H3,(H,14,15)/t10-/m1/s1. The third kappa shape index (κ3) is 6.70. The van der Waals surface area contributed by atoms with E-state index in [0.717, 1.165) is 6.42 Å². The van der Waals surface area contributed by atoms with E-state index in [9.17, 15) is 4.79 Å². The van der Waals surface area contributed by atoms with Gasteiger partial charge in [-0.25, -0.2) is 4.79 Å². The quantitative estimate of drug-likeness (QED) is 0.802. The van der Waals surface area contributed by atoms with Crippen LogP contribution in [0, 0.1) is 11.8 Å². The molecule has 0 aliphatic heterocycles. The first-order chi connectivity index (χ1) is 7.06. The van der Waals surface area contributed by atoms with Crippen molar-refractivity contribution in [2.24, 2.45) is 5.41 Å². The molecule has 0 saturated carbocycles. The molecule has 0 heterocycles. The Morgan fingerprint density at radius 2 is 1.75 bits per heavy atom. The summed E-state index contributed by atoms with van der Waals surface area (Å²) in [6.07, 6.45) is 2.68. The SMILES string of the molecule is CC[CH][C@@H](NC(=O)OC(C)(C)C)C(C)(C)C. The molecular weight excluding hydrogens is 202 g/mol. The van der Waals surface area contributed by atoms with Crippen LogP contribution in [-0.4, -0.2) is 17.7 Å². The molecule has 0 fully saturated rings. The lowest BCUT2D eigenvalue weighted by atomic mass is 9.84. The Bertz CT molecular complexity index is 223. The average molecular weight is 228 g/mol. The van der Waals surface area contributed by atoms with E-state index >= 15 is 0 Å². The Labute approximate surface area is 99.9 Å². The lowest BCUT2D eigenvalue weighted by Crippen LogP contribution is -2.46. The van der Waals surface area contributed by atoms with Crippen LogP contribution in [0.15, 0.2) is 0 Å². The Morgan fingerprint density at radius 3 is 2.06 bits per heavy atom. The number of hydrogen-bond acceptors (Lipinski definition) is 2. The first-order valence-electron chi connectivity index (χ1n) is 5.89. The topological polar surface area (TPSA) is 38.3 Å². The lowest BCUT2D eigenvalue weighted by molar-refractivity contribution is 0.0477. The molecule has 0 aliphatic rings. The number of ether oxygens (including phenoxy) is 1. The average Bonchev–Trinajstić information content (AvgIpc) is 1.97. The predicted octanol–water partition coefficient (Wildman–Crippen LogP) is 3.54. The fourth-order valence-corrected chi connectivity index (χ4v) is 1.30. The number of amides is 1. The molecule has 0 unspecified atom stereocenters. The zero-order valence-electron chi connectivity index (χ0n) is 11.7. The molecule has 1 amide bonds. The van der Waals surface area contributed by atoms with Gasteiger partial charge in [0, 0.05) is 6.04 Å². The van der Waals surface area contributed by atoms with Gasteiger partial charge in [-0.2, -0.15) is 0 Å². The van der Waals surface area contributed by atoms with Crippen LogP contribution in [-0.2, 0) is 4.74 Å². The van der Waals surface area contributed by atoms with Crippen molar-refractivity contribution < 1.29 is 9.53 Å². The summed E-state index contributed by atoms with van der Waals surface area (Å²) in [4.78, 5) is 11.6. The van der Waals surface area contributed by atoms with Crippen LogP contribution < -0.4 is 5.32 Å². The molecule has 0 aromatic carbocycles. The molecule has 1 atom stereocenters. The largest absolute Gasteiger partial charge is 0.444 e. The summed E-state index contributed by atoms with van der Waals surface area (Å²) in [5.74, 6) is 0. The lowest BCUT2D eigenvalue weighted by Gasteiger charge is -2.32. The van der Waals surface area contributed by atoms with Crippen molar-refractivity contribution in [3.63, 3.8) is 0 Å². The zero-order chi connectivity index (χ0) is 13.0. The molecular formula is C13H26NO2. The Kier molecular flexibility index (Phi) is 5.30. The van der Waals surface area contributed by atoms with Crippen molar-refractivity contribution in [1.82, 2.24) is 5.32 Å². The first kappa shape index (κ1) is 15.3. The molecule has 3 heteroatoms. The summed E-state index contributed by atoms with van der Waals surface area (Å²) in [6.45, 7) is 14.0. The minimum absolute atomic E-state index is 0.00686. The van der Waals surface area contributed by atoms with Gasteiger partial charge in [-0.15, -0.1) is 0 Å². The second kappa shape index (κ2) is 5.55. The number of hydrogen-bond donors (Lipinski definition) is 1. The number of rotatable bonds is 3. The first-order valence-corrected chi connectivity index (χ1v) is 5.89. The van der Waals surface area contributed by atoms with Crippen LogP contribution in [0.3, 0.4) is 0 Å². The maximum absolute atomic E-state index is 11.6. The van der Waals surface area contributed by atoms with Crippen molar-refractivity contribution in [2.45, 2.75) is 66.5 Å². The summed E-state index contributed by atoms with van der Waals surface area (Å²) >= 11 is 0. The molecule has 0 saturated heterocycles. The fourth-order valence-electron chi connectivity index (χ4n) is 1.30. The Morgan fingerprint density at radius 1 is 1.25 bits per heavy atom. The third-order valence-corrected chi connectivity index (χ3v) is 2.08. The van der Waals surface area contributed by atoms with E-state index in [1.807, 2.05) is 20.8 Å². The Hall–Kier alpha value is -0.730. The molecule has 0 bridgehead atoms. The van der Waals surface area contributed by atoms with E-state index in [1.165, 1.54) is 0 Å². The number of nitrogens with one attached hydrogen (secondary N) is 1. The third-order valence-electron chi connectivity index (χ3n) is 2.08. The highest BCUT2D eigenvalue weighted by Crippen LogP contribution is 2.22. The molecule has 0 aromatic rings. The van der Waals surface area contributed by atoms with Gasteiger partial charge in [0.25, 0.3) is 0 Å². The minimum atomic E-state index is -0.446. The van der Waals surface area contributed by atoms with Crippen molar-refractivity contribution in [2.75, 3.05) is 0 Å². The number of carbonyl (C=O) groups excluding carboxylic acids is 1. The number of alkyl carbamates (subject to hydrolysis) is 1. The van der Waals surface area contributed by atoms with Crippen molar-refractivity contribution in [3.05, 3.63) is 6.42 Å². The number of carbonyl (C=O) groups is 1. The van der Waals surface area contributed by atoms with Gasteiger partial charge in [0.2, 0.25) is 0 Å². The highest BCUT2D eigenvalue weighted by Gasteiger charge is 2.27. The van der Waals surface area contributed by atoms with Crippen LogP contribution in [0.25, 0.3) is 0 Å². The second-order valence-electron chi connectivity index (χ2n) is 6.13. The van der Waals surface area contributed by atoms with Crippen LogP contribution in [0.4, 0.5) is 4.79 Å². The maximum Gasteiger partial charge on any atom is 0.407 e.